The number of hydrogen-bond acceptors (Lipinski definition) is 4. The second kappa shape index (κ2) is 7.39. The highest BCUT2D eigenvalue weighted by atomic mass is 19.4. The summed E-state index contributed by atoms with van der Waals surface area (Å²) in [7, 11) is 2.72. The van der Waals surface area contributed by atoms with E-state index in [0.717, 1.165) is 10.8 Å². The van der Waals surface area contributed by atoms with Gasteiger partial charge in [0.1, 0.15) is 0 Å². The lowest BCUT2D eigenvalue weighted by Gasteiger charge is -2.29. The van der Waals surface area contributed by atoms with Gasteiger partial charge in [0.05, 0.1) is 6.42 Å². The molecular weight excluding hydrogens is 365 g/mol. The smallest absolute Gasteiger partial charge is 0.374 e. The molecule has 146 valence electrons. The zero-order valence-corrected chi connectivity index (χ0v) is 14.9. The number of aryl methyl sites for hydroxylation is 1. The van der Waals surface area contributed by atoms with Crippen molar-refractivity contribution >= 4 is 17.5 Å². The molecule has 1 heterocycles. The summed E-state index contributed by atoms with van der Waals surface area (Å²) >= 11 is 0. The van der Waals surface area contributed by atoms with Crippen LogP contribution < -0.4 is 10.6 Å². The maximum absolute atomic E-state index is 13.5. The number of rotatable bonds is 5. The van der Waals surface area contributed by atoms with Crippen LogP contribution in [-0.2, 0) is 17.4 Å². The number of nitrogens with zero attached hydrogens (tertiary/aromatic N) is 2. The summed E-state index contributed by atoms with van der Waals surface area (Å²) in [6, 6.07) is 4.46. The number of aliphatic hydroxyl groups is 1. The maximum atomic E-state index is 13.5. The number of alkyl halides is 3. The zero-order valence-electron chi connectivity index (χ0n) is 14.9. The molecule has 1 unspecified atom stereocenters. The molecule has 0 spiro atoms. The highest BCUT2D eigenvalue weighted by Gasteiger charge is 2.58. The Balaban J connectivity index is 2.31. The van der Waals surface area contributed by atoms with E-state index in [1.807, 2.05) is 0 Å². The monoisotopic (exact) mass is 384 g/mol. The standard InChI is InChI=1S/C17H19F3N4O3/c1-10-11(14(26)21-2)5-4-6-12(10)23-13(25)9-16(27,17(18,19)20)15-22-7-8-24(15)3/h4-8,27H,9H2,1-3H3,(H,21,26)(H,23,25). The predicted molar refractivity (Wildman–Crippen MR) is 91.0 cm³/mol. The summed E-state index contributed by atoms with van der Waals surface area (Å²) in [6.07, 6.45) is -4.07. The van der Waals surface area contributed by atoms with Crippen LogP contribution in [0.15, 0.2) is 30.6 Å². The van der Waals surface area contributed by atoms with E-state index in [1.165, 1.54) is 38.5 Å². The SMILES string of the molecule is CNC(=O)c1cccc(NC(=O)CC(O)(c2nccn2C)C(F)(F)F)c1C. The minimum Gasteiger partial charge on any atom is -0.374 e. The van der Waals surface area contributed by atoms with Crippen molar-refractivity contribution in [2.75, 3.05) is 12.4 Å². The van der Waals surface area contributed by atoms with Gasteiger partial charge in [-0.25, -0.2) is 4.98 Å². The minimum absolute atomic E-state index is 0.172. The molecule has 0 saturated carbocycles. The Bertz CT molecular complexity index is 863. The highest BCUT2D eigenvalue weighted by Crippen LogP contribution is 2.41. The molecule has 0 aliphatic heterocycles. The van der Waals surface area contributed by atoms with Crippen LogP contribution in [0.3, 0.4) is 0 Å². The zero-order chi connectivity index (χ0) is 20.4. The third-order valence-electron chi connectivity index (χ3n) is 4.16. The Kier molecular flexibility index (Phi) is 5.59. The van der Waals surface area contributed by atoms with Gasteiger partial charge < -0.3 is 20.3 Å². The van der Waals surface area contributed by atoms with Gasteiger partial charge in [0.2, 0.25) is 11.5 Å². The number of carbonyl (C=O) groups excluding carboxylic acids is 2. The lowest BCUT2D eigenvalue weighted by atomic mass is 9.96. The lowest BCUT2D eigenvalue weighted by molar-refractivity contribution is -0.270. The van der Waals surface area contributed by atoms with Crippen molar-refractivity contribution in [3.05, 3.63) is 47.5 Å². The van der Waals surface area contributed by atoms with Gasteiger partial charge in [-0.3, -0.25) is 9.59 Å². The van der Waals surface area contributed by atoms with Crippen molar-refractivity contribution in [3.63, 3.8) is 0 Å². The van der Waals surface area contributed by atoms with Gasteiger partial charge in [-0.2, -0.15) is 13.2 Å². The summed E-state index contributed by atoms with van der Waals surface area (Å²) in [5, 5.41) is 15.0. The summed E-state index contributed by atoms with van der Waals surface area (Å²) < 4.78 is 41.5. The Morgan fingerprint density at radius 3 is 2.48 bits per heavy atom. The average molecular weight is 384 g/mol. The second-order valence-corrected chi connectivity index (χ2v) is 6.00. The molecule has 0 saturated heterocycles. The first-order valence-electron chi connectivity index (χ1n) is 7.89. The third-order valence-corrected chi connectivity index (χ3v) is 4.16. The number of hydrogen-bond donors (Lipinski definition) is 3. The van der Waals surface area contributed by atoms with Gasteiger partial charge >= 0.3 is 6.18 Å². The largest absolute Gasteiger partial charge is 0.425 e. The van der Waals surface area contributed by atoms with Gasteiger partial charge in [-0.05, 0) is 24.6 Å². The summed E-state index contributed by atoms with van der Waals surface area (Å²) in [5.74, 6) is -2.17. The van der Waals surface area contributed by atoms with Crippen LogP contribution in [0.2, 0.25) is 0 Å². The number of nitrogens with one attached hydrogen (secondary N) is 2. The molecule has 0 radical (unpaired) electrons. The van der Waals surface area contributed by atoms with Crippen LogP contribution in [0.4, 0.5) is 18.9 Å². The minimum atomic E-state index is -5.12. The van der Waals surface area contributed by atoms with Crippen LogP contribution in [-0.4, -0.2) is 39.7 Å². The van der Waals surface area contributed by atoms with E-state index in [-0.39, 0.29) is 11.3 Å². The Hall–Kier alpha value is -2.88. The molecule has 0 aliphatic carbocycles. The molecule has 2 amide bonds. The van der Waals surface area contributed by atoms with E-state index in [1.54, 1.807) is 6.92 Å². The topological polar surface area (TPSA) is 96.2 Å². The molecule has 1 aromatic heterocycles. The van der Waals surface area contributed by atoms with Crippen molar-refractivity contribution in [1.82, 2.24) is 14.9 Å². The molecule has 7 nitrogen and oxygen atoms in total. The van der Waals surface area contributed by atoms with Crippen molar-refractivity contribution in [3.8, 4) is 0 Å². The number of aromatic nitrogens is 2. The summed E-state index contributed by atoms with van der Waals surface area (Å²) in [4.78, 5) is 27.6. The van der Waals surface area contributed by atoms with E-state index in [4.69, 9.17) is 0 Å². The second-order valence-electron chi connectivity index (χ2n) is 6.00. The third kappa shape index (κ3) is 3.95. The summed E-state index contributed by atoms with van der Waals surface area (Å²) in [6.45, 7) is 1.55. The van der Waals surface area contributed by atoms with Crippen LogP contribution in [0, 0.1) is 6.92 Å². The van der Waals surface area contributed by atoms with Gasteiger partial charge in [-0.1, -0.05) is 6.07 Å². The van der Waals surface area contributed by atoms with Gasteiger partial charge in [0.15, 0.2) is 5.82 Å². The fourth-order valence-corrected chi connectivity index (χ4v) is 2.65. The molecule has 2 aromatic rings. The van der Waals surface area contributed by atoms with Crippen LogP contribution >= 0.6 is 0 Å². The maximum Gasteiger partial charge on any atom is 0.425 e. The highest BCUT2D eigenvalue weighted by molar-refractivity contribution is 5.99. The van der Waals surface area contributed by atoms with E-state index >= 15 is 0 Å². The number of halogens is 3. The lowest BCUT2D eigenvalue weighted by Crippen LogP contribution is -2.46. The first-order chi connectivity index (χ1) is 12.5. The Morgan fingerprint density at radius 1 is 1.30 bits per heavy atom. The van der Waals surface area contributed by atoms with Crippen molar-refractivity contribution in [2.24, 2.45) is 7.05 Å². The normalized spacial score (nSPS) is 13.7. The fourth-order valence-electron chi connectivity index (χ4n) is 2.65. The van der Waals surface area contributed by atoms with Gasteiger partial charge in [0.25, 0.3) is 5.91 Å². The Labute approximate surface area is 153 Å². The van der Waals surface area contributed by atoms with Crippen molar-refractivity contribution < 1.29 is 27.9 Å². The predicted octanol–water partition coefficient (Wildman–Crippen LogP) is 1.87. The van der Waals surface area contributed by atoms with Gasteiger partial charge in [0, 0.05) is 37.7 Å². The van der Waals surface area contributed by atoms with E-state index in [2.05, 4.69) is 15.6 Å². The number of anilines is 1. The molecular formula is C17H19F3N4O3. The van der Waals surface area contributed by atoms with Crippen LogP contribution in [0.25, 0.3) is 0 Å². The molecule has 0 aliphatic rings. The molecule has 1 atom stereocenters. The number of benzene rings is 1. The summed E-state index contributed by atoms with van der Waals surface area (Å²) in [5.41, 5.74) is -2.63. The van der Waals surface area contributed by atoms with E-state index in [9.17, 15) is 27.9 Å². The molecule has 2 rings (SSSR count). The van der Waals surface area contributed by atoms with Gasteiger partial charge in [-0.15, -0.1) is 0 Å². The van der Waals surface area contributed by atoms with E-state index < -0.39 is 35.8 Å². The van der Waals surface area contributed by atoms with Crippen molar-refractivity contribution in [1.29, 1.82) is 0 Å². The molecule has 0 bridgehead atoms. The quantitative estimate of drug-likeness (QED) is 0.733. The van der Waals surface area contributed by atoms with Crippen LogP contribution in [0.1, 0.15) is 28.2 Å². The van der Waals surface area contributed by atoms with Crippen LogP contribution in [0.5, 0.6) is 0 Å². The van der Waals surface area contributed by atoms with E-state index in [0.29, 0.717) is 5.56 Å². The fraction of sp³-hybridized carbons (Fsp3) is 0.353. The molecule has 0 fully saturated rings. The first kappa shape index (κ1) is 20.4. The Morgan fingerprint density at radius 2 is 1.96 bits per heavy atom. The molecule has 10 heteroatoms. The molecule has 1 aromatic carbocycles. The number of amides is 2. The van der Waals surface area contributed by atoms with Crippen molar-refractivity contribution in [2.45, 2.75) is 25.1 Å². The number of carbonyl (C=O) groups is 2. The average Bonchev–Trinajstić information content (AvgIpc) is 3.01. The molecule has 3 N–H and O–H groups in total. The number of imidazole rings is 1. The first-order valence-corrected chi connectivity index (χ1v) is 7.89. The molecule has 27 heavy (non-hydrogen) atoms.